The second kappa shape index (κ2) is 12.3. The quantitative estimate of drug-likeness (QED) is 0.300. The standard InChI is InChI=1S/C29H36N8O4/c30-15-20-12-21(20)17-41-29-33-24(28(39)31-7-4-18-2-1-3-18)14-25(34-29)37-8-5-19(6-9-37)26-23-13-22(40-11-10-38)16-32-27(23)36-35-26/h13-14,16,18-21,38H,1-12,17H2,(H,31,39)(H,32,35,36)/t20-,21+/m0/s1. The van der Waals surface area contributed by atoms with E-state index < -0.39 is 0 Å². The van der Waals surface area contributed by atoms with Crippen molar-refractivity contribution in [1.29, 1.82) is 5.26 Å². The number of aliphatic hydroxyl groups excluding tert-OH is 1. The molecule has 1 saturated heterocycles. The summed E-state index contributed by atoms with van der Waals surface area (Å²) in [5.74, 6) is 2.23. The highest BCUT2D eigenvalue weighted by molar-refractivity contribution is 5.93. The Morgan fingerprint density at radius 1 is 1.20 bits per heavy atom. The van der Waals surface area contributed by atoms with E-state index in [9.17, 15) is 4.79 Å². The number of ether oxygens (including phenoxy) is 2. The van der Waals surface area contributed by atoms with Gasteiger partial charge in [-0.15, -0.1) is 0 Å². The van der Waals surface area contributed by atoms with Gasteiger partial charge in [-0.2, -0.15) is 20.3 Å². The Morgan fingerprint density at radius 2 is 2.05 bits per heavy atom. The Bertz CT molecular complexity index is 1410. The summed E-state index contributed by atoms with van der Waals surface area (Å²) in [5.41, 5.74) is 1.96. The van der Waals surface area contributed by atoms with Crippen LogP contribution in [0.2, 0.25) is 0 Å². The summed E-state index contributed by atoms with van der Waals surface area (Å²) >= 11 is 0. The number of piperidine rings is 1. The Balaban J connectivity index is 1.14. The number of nitriles is 1. The molecule has 0 bridgehead atoms. The van der Waals surface area contributed by atoms with Crippen molar-refractivity contribution in [1.82, 2.24) is 30.5 Å². The molecular weight excluding hydrogens is 524 g/mol. The van der Waals surface area contributed by atoms with Crippen molar-refractivity contribution in [3.63, 3.8) is 0 Å². The van der Waals surface area contributed by atoms with Crippen LogP contribution in [0.3, 0.4) is 0 Å². The summed E-state index contributed by atoms with van der Waals surface area (Å²) in [5, 5.41) is 29.7. The van der Waals surface area contributed by atoms with Crippen molar-refractivity contribution in [3.05, 3.63) is 29.7 Å². The van der Waals surface area contributed by atoms with Gasteiger partial charge in [0.15, 0.2) is 5.65 Å². The second-order valence-electron chi connectivity index (χ2n) is 11.3. The minimum atomic E-state index is -0.218. The molecule has 6 rings (SSSR count). The maximum Gasteiger partial charge on any atom is 0.319 e. The van der Waals surface area contributed by atoms with Gasteiger partial charge in [-0.25, -0.2) is 4.98 Å². The largest absolute Gasteiger partial charge is 0.490 e. The van der Waals surface area contributed by atoms with Crippen LogP contribution in [0, 0.1) is 29.1 Å². The van der Waals surface area contributed by atoms with Crippen molar-refractivity contribution >= 4 is 22.8 Å². The number of carbonyl (C=O) groups excluding carboxylic acids is 1. The van der Waals surface area contributed by atoms with E-state index in [1.54, 1.807) is 12.3 Å². The lowest BCUT2D eigenvalue weighted by molar-refractivity contribution is 0.0942. The number of rotatable bonds is 12. The summed E-state index contributed by atoms with van der Waals surface area (Å²) in [6.45, 7) is 2.63. The number of pyridine rings is 1. The molecule has 1 amide bonds. The molecule has 3 aromatic rings. The van der Waals surface area contributed by atoms with Crippen molar-refractivity contribution in [2.75, 3.05) is 44.4 Å². The van der Waals surface area contributed by atoms with Crippen LogP contribution in [0.25, 0.3) is 11.0 Å². The second-order valence-corrected chi connectivity index (χ2v) is 11.3. The van der Waals surface area contributed by atoms with Crippen LogP contribution in [0.15, 0.2) is 18.3 Å². The van der Waals surface area contributed by atoms with Gasteiger partial charge in [0, 0.05) is 48.6 Å². The van der Waals surface area contributed by atoms with E-state index in [4.69, 9.17) is 19.8 Å². The summed E-state index contributed by atoms with van der Waals surface area (Å²) in [6, 6.07) is 6.13. The topological polar surface area (TPSA) is 162 Å². The van der Waals surface area contributed by atoms with Crippen molar-refractivity contribution < 1.29 is 19.4 Å². The molecule has 216 valence electrons. The fourth-order valence-corrected chi connectivity index (χ4v) is 5.64. The van der Waals surface area contributed by atoms with Gasteiger partial charge in [-0.3, -0.25) is 9.89 Å². The Labute approximate surface area is 238 Å². The van der Waals surface area contributed by atoms with Crippen molar-refractivity contribution in [2.45, 2.75) is 50.9 Å². The summed E-state index contributed by atoms with van der Waals surface area (Å²) < 4.78 is 11.4. The number of aromatic nitrogens is 5. The molecule has 0 radical (unpaired) electrons. The fraction of sp³-hybridized carbons (Fsp3) is 0.586. The van der Waals surface area contributed by atoms with Crippen LogP contribution in [0.1, 0.15) is 67.0 Å². The number of nitrogens with zero attached hydrogens (tertiary/aromatic N) is 6. The predicted molar refractivity (Wildman–Crippen MR) is 150 cm³/mol. The summed E-state index contributed by atoms with van der Waals surface area (Å²) in [4.78, 5) is 28.7. The normalized spacial score (nSPS) is 20.8. The van der Waals surface area contributed by atoms with Gasteiger partial charge >= 0.3 is 6.01 Å². The third kappa shape index (κ3) is 6.35. The molecule has 3 N–H and O–H groups in total. The predicted octanol–water partition coefficient (Wildman–Crippen LogP) is 2.96. The van der Waals surface area contributed by atoms with Crippen LogP contribution in [-0.2, 0) is 0 Å². The van der Waals surface area contributed by atoms with Crippen molar-refractivity contribution in [3.8, 4) is 17.8 Å². The smallest absolute Gasteiger partial charge is 0.319 e. The minimum absolute atomic E-state index is 0.0255. The monoisotopic (exact) mass is 560 g/mol. The molecular formula is C29H36N8O4. The molecule has 0 aromatic carbocycles. The fourth-order valence-electron chi connectivity index (χ4n) is 5.64. The van der Waals surface area contributed by atoms with E-state index in [2.05, 4.69) is 41.4 Å². The summed E-state index contributed by atoms with van der Waals surface area (Å²) in [6.07, 6.45) is 8.92. The number of nitrogens with one attached hydrogen (secondary N) is 2. The number of amides is 1. The molecule has 2 atom stereocenters. The Kier molecular flexibility index (Phi) is 8.14. The average Bonchev–Trinajstić information content (AvgIpc) is 3.63. The van der Waals surface area contributed by atoms with Crippen LogP contribution in [-0.4, -0.2) is 75.6 Å². The van der Waals surface area contributed by atoms with Crippen molar-refractivity contribution in [2.24, 2.45) is 17.8 Å². The highest BCUT2D eigenvalue weighted by atomic mass is 16.5. The van der Waals surface area contributed by atoms with Gasteiger partial charge in [0.05, 0.1) is 31.4 Å². The molecule has 3 aromatic heterocycles. The number of aromatic amines is 1. The van der Waals surface area contributed by atoms with E-state index in [1.807, 2.05) is 6.07 Å². The zero-order valence-electron chi connectivity index (χ0n) is 23.1. The molecule has 0 spiro atoms. The molecule has 2 saturated carbocycles. The highest BCUT2D eigenvalue weighted by Gasteiger charge is 2.38. The molecule has 12 heteroatoms. The number of hydrogen-bond donors (Lipinski definition) is 3. The zero-order chi connectivity index (χ0) is 28.2. The van der Waals surface area contributed by atoms with Gasteiger partial charge in [0.2, 0.25) is 0 Å². The van der Waals surface area contributed by atoms with Gasteiger partial charge in [0.25, 0.3) is 5.91 Å². The van der Waals surface area contributed by atoms with E-state index in [-0.39, 0.29) is 42.9 Å². The Morgan fingerprint density at radius 3 is 2.78 bits per heavy atom. The number of anilines is 1. The highest BCUT2D eigenvalue weighted by Crippen LogP contribution is 2.38. The molecule has 1 aliphatic heterocycles. The first-order chi connectivity index (χ1) is 20.1. The first-order valence-electron chi connectivity index (χ1n) is 14.6. The maximum absolute atomic E-state index is 13.0. The van der Waals surface area contributed by atoms with E-state index >= 15 is 0 Å². The van der Waals surface area contributed by atoms with Crippen LogP contribution in [0.5, 0.6) is 11.8 Å². The maximum atomic E-state index is 13.0. The number of hydrogen-bond acceptors (Lipinski definition) is 10. The van der Waals surface area contributed by atoms with E-state index in [0.717, 1.165) is 49.9 Å². The molecule has 0 unspecified atom stereocenters. The number of aliphatic hydroxyl groups is 1. The molecule has 2 aliphatic carbocycles. The number of carbonyl (C=O) groups is 1. The molecule has 12 nitrogen and oxygen atoms in total. The van der Waals surface area contributed by atoms with Gasteiger partial charge < -0.3 is 24.8 Å². The molecule has 3 fully saturated rings. The molecule has 41 heavy (non-hydrogen) atoms. The lowest BCUT2D eigenvalue weighted by atomic mass is 9.83. The van der Waals surface area contributed by atoms with Gasteiger partial charge in [-0.05, 0) is 37.7 Å². The lowest BCUT2D eigenvalue weighted by Gasteiger charge is -2.32. The average molecular weight is 561 g/mol. The van der Waals surface area contributed by atoms with E-state index in [1.165, 1.54) is 19.3 Å². The number of H-pyrrole nitrogens is 1. The van der Waals surface area contributed by atoms with Gasteiger partial charge in [-0.1, -0.05) is 19.3 Å². The first-order valence-corrected chi connectivity index (χ1v) is 14.6. The minimum Gasteiger partial charge on any atom is -0.490 e. The van der Waals surface area contributed by atoms with Crippen LogP contribution in [0.4, 0.5) is 5.82 Å². The van der Waals surface area contributed by atoms with Crippen LogP contribution < -0.4 is 19.7 Å². The summed E-state index contributed by atoms with van der Waals surface area (Å²) in [7, 11) is 0. The van der Waals surface area contributed by atoms with Gasteiger partial charge in [0.1, 0.15) is 23.9 Å². The molecule has 4 heterocycles. The Hall–Kier alpha value is -3.98. The third-order valence-corrected chi connectivity index (χ3v) is 8.50. The van der Waals surface area contributed by atoms with Crippen LogP contribution >= 0.6 is 0 Å². The lowest BCUT2D eigenvalue weighted by Crippen LogP contribution is -2.34. The number of fused-ring (bicyclic) bond motifs is 1. The molecule has 3 aliphatic rings. The zero-order valence-corrected chi connectivity index (χ0v) is 23.1. The third-order valence-electron chi connectivity index (χ3n) is 8.50. The SMILES string of the molecule is N#C[C@@H]1C[C@@H]1COc1nc(C(=O)NCCC2CCC2)cc(N2CCC(c3[nH]nc4ncc(OCCO)cc34)CC2)n1. The van der Waals surface area contributed by atoms with E-state index in [0.29, 0.717) is 42.0 Å². The first kappa shape index (κ1) is 27.2.